The van der Waals surface area contributed by atoms with Crippen LogP contribution in [0.25, 0.3) is 0 Å². The predicted octanol–water partition coefficient (Wildman–Crippen LogP) is 2.45. The van der Waals surface area contributed by atoms with Crippen LogP contribution in [0.4, 0.5) is 0 Å². The Labute approximate surface area is 188 Å². The van der Waals surface area contributed by atoms with E-state index in [9.17, 15) is 14.4 Å². The van der Waals surface area contributed by atoms with Gasteiger partial charge in [-0.25, -0.2) is 0 Å². The predicted molar refractivity (Wildman–Crippen MR) is 120 cm³/mol. The summed E-state index contributed by atoms with van der Waals surface area (Å²) in [6.45, 7) is 4.81. The Kier molecular flexibility index (Phi) is 6.87. The summed E-state index contributed by atoms with van der Waals surface area (Å²) in [6, 6.07) is 11.7. The highest BCUT2D eigenvalue weighted by atomic mass is 16.2. The quantitative estimate of drug-likeness (QED) is 0.653. The van der Waals surface area contributed by atoms with Gasteiger partial charge in [0.15, 0.2) is 5.69 Å². The molecule has 0 unspecified atom stereocenters. The lowest BCUT2D eigenvalue weighted by molar-refractivity contribution is -0.121. The Morgan fingerprint density at radius 1 is 1.19 bits per heavy atom. The van der Waals surface area contributed by atoms with Crippen molar-refractivity contribution in [2.75, 3.05) is 19.6 Å². The average Bonchev–Trinajstić information content (AvgIpc) is 3.57. The second-order valence-electron chi connectivity index (χ2n) is 8.53. The fraction of sp³-hybridized carbons (Fsp3) is 0.500. The number of carbonyl (C=O) groups is 3. The van der Waals surface area contributed by atoms with Gasteiger partial charge in [-0.1, -0.05) is 37.3 Å². The zero-order chi connectivity index (χ0) is 22.5. The fourth-order valence-corrected chi connectivity index (χ4v) is 4.05. The van der Waals surface area contributed by atoms with Gasteiger partial charge in [-0.3, -0.25) is 19.1 Å². The van der Waals surface area contributed by atoms with Crippen molar-refractivity contribution in [2.45, 2.75) is 58.2 Å². The van der Waals surface area contributed by atoms with Crippen molar-refractivity contribution in [3.8, 4) is 0 Å². The third-order valence-corrected chi connectivity index (χ3v) is 5.92. The summed E-state index contributed by atoms with van der Waals surface area (Å²) in [4.78, 5) is 42.0. The fourth-order valence-electron chi connectivity index (χ4n) is 4.05. The molecule has 2 heterocycles. The Morgan fingerprint density at radius 3 is 2.69 bits per heavy atom. The molecular formula is C24H31N5O3. The van der Waals surface area contributed by atoms with Gasteiger partial charge in [-0.05, 0) is 31.2 Å². The van der Waals surface area contributed by atoms with Gasteiger partial charge in [0, 0.05) is 51.3 Å². The summed E-state index contributed by atoms with van der Waals surface area (Å²) < 4.78 is 1.67. The summed E-state index contributed by atoms with van der Waals surface area (Å²) in [6.07, 6.45) is 3.83. The number of amides is 3. The molecule has 1 fully saturated rings. The first-order chi connectivity index (χ1) is 15.6. The maximum atomic E-state index is 13.2. The van der Waals surface area contributed by atoms with Crippen LogP contribution in [-0.4, -0.2) is 63.0 Å². The van der Waals surface area contributed by atoms with E-state index in [0.29, 0.717) is 38.4 Å². The van der Waals surface area contributed by atoms with Crippen LogP contribution in [0.5, 0.6) is 0 Å². The molecule has 170 valence electrons. The summed E-state index contributed by atoms with van der Waals surface area (Å²) in [5.74, 6) is -0.341. The van der Waals surface area contributed by atoms with Crippen molar-refractivity contribution >= 4 is 17.7 Å². The Balaban J connectivity index is 1.46. The first-order valence-electron chi connectivity index (χ1n) is 11.6. The molecule has 0 bridgehead atoms. The van der Waals surface area contributed by atoms with Gasteiger partial charge in [0.05, 0.1) is 0 Å². The average molecular weight is 438 g/mol. The van der Waals surface area contributed by atoms with Crippen LogP contribution < -0.4 is 5.32 Å². The number of fused-ring (bicyclic) bond motifs is 1. The van der Waals surface area contributed by atoms with Crippen LogP contribution >= 0.6 is 0 Å². The molecule has 2 aliphatic rings. The molecule has 2 aromatic rings. The van der Waals surface area contributed by atoms with Crippen LogP contribution in [0.3, 0.4) is 0 Å². The number of rotatable bonds is 9. The van der Waals surface area contributed by atoms with Crippen LogP contribution in [0.15, 0.2) is 36.4 Å². The molecule has 4 rings (SSSR count). The molecule has 0 radical (unpaired) electrons. The SMILES string of the molecule is CCCNC(=O)CCN(C(=O)c1cc2n(n1)CCCN(Cc1ccccc1)C2=O)C1CC1. The van der Waals surface area contributed by atoms with Gasteiger partial charge in [-0.15, -0.1) is 0 Å². The maximum absolute atomic E-state index is 13.2. The second-order valence-corrected chi connectivity index (χ2v) is 8.53. The number of aryl methyl sites for hydroxylation is 1. The summed E-state index contributed by atoms with van der Waals surface area (Å²) in [7, 11) is 0. The molecule has 1 aliphatic heterocycles. The van der Waals surface area contributed by atoms with Gasteiger partial charge in [0.25, 0.3) is 11.8 Å². The number of carbonyl (C=O) groups excluding carboxylic acids is 3. The molecule has 0 saturated heterocycles. The summed E-state index contributed by atoms with van der Waals surface area (Å²) >= 11 is 0. The number of aromatic nitrogens is 2. The highest BCUT2D eigenvalue weighted by Gasteiger charge is 2.35. The lowest BCUT2D eigenvalue weighted by Gasteiger charge is -2.21. The molecule has 1 saturated carbocycles. The Hall–Kier alpha value is -3.16. The van der Waals surface area contributed by atoms with E-state index in [1.807, 2.05) is 42.2 Å². The van der Waals surface area contributed by atoms with Crippen LogP contribution in [0.1, 0.15) is 65.6 Å². The van der Waals surface area contributed by atoms with E-state index in [-0.39, 0.29) is 35.9 Å². The van der Waals surface area contributed by atoms with Crippen molar-refractivity contribution in [1.82, 2.24) is 24.9 Å². The molecule has 3 amide bonds. The van der Waals surface area contributed by atoms with E-state index < -0.39 is 0 Å². The van der Waals surface area contributed by atoms with Gasteiger partial charge in [0.2, 0.25) is 5.91 Å². The van der Waals surface area contributed by atoms with Gasteiger partial charge < -0.3 is 15.1 Å². The normalized spacial score (nSPS) is 15.8. The highest BCUT2D eigenvalue weighted by Crippen LogP contribution is 2.28. The van der Waals surface area contributed by atoms with Crippen molar-refractivity contribution in [3.05, 3.63) is 53.3 Å². The molecule has 1 N–H and O–H groups in total. The maximum Gasteiger partial charge on any atom is 0.274 e. The number of nitrogens with zero attached hydrogens (tertiary/aromatic N) is 4. The van der Waals surface area contributed by atoms with E-state index in [0.717, 1.165) is 31.2 Å². The lowest BCUT2D eigenvalue weighted by atomic mass is 10.2. The molecular weight excluding hydrogens is 406 g/mol. The molecule has 0 spiro atoms. The number of nitrogens with one attached hydrogen (secondary N) is 1. The number of hydrogen-bond acceptors (Lipinski definition) is 4. The second kappa shape index (κ2) is 9.97. The standard InChI is InChI=1S/C24H31N5O3/c1-2-12-25-22(30)11-15-28(19-9-10-19)23(31)20-16-21-24(32)27(13-6-14-29(21)26-20)17-18-7-4-3-5-8-18/h3-5,7-8,16,19H,2,6,9-15,17H2,1H3,(H,25,30). The zero-order valence-electron chi connectivity index (χ0n) is 18.6. The minimum absolute atomic E-state index is 0.0438. The van der Waals surface area contributed by atoms with Gasteiger partial charge in [0.1, 0.15) is 5.69 Å². The minimum Gasteiger partial charge on any atom is -0.356 e. The first-order valence-corrected chi connectivity index (χ1v) is 11.6. The van der Waals surface area contributed by atoms with Crippen molar-refractivity contribution in [3.63, 3.8) is 0 Å². The Bertz CT molecular complexity index is 967. The molecule has 1 aromatic carbocycles. The third-order valence-electron chi connectivity index (χ3n) is 5.92. The van der Waals surface area contributed by atoms with Crippen LogP contribution in [-0.2, 0) is 17.9 Å². The van der Waals surface area contributed by atoms with E-state index >= 15 is 0 Å². The van der Waals surface area contributed by atoms with Crippen molar-refractivity contribution in [2.24, 2.45) is 0 Å². The highest BCUT2D eigenvalue weighted by molar-refractivity contribution is 5.98. The minimum atomic E-state index is -0.196. The largest absolute Gasteiger partial charge is 0.356 e. The van der Waals surface area contributed by atoms with Gasteiger partial charge >= 0.3 is 0 Å². The van der Waals surface area contributed by atoms with E-state index in [2.05, 4.69) is 10.4 Å². The number of benzene rings is 1. The number of hydrogen-bond donors (Lipinski definition) is 1. The van der Waals surface area contributed by atoms with E-state index in [4.69, 9.17) is 0 Å². The molecule has 0 atom stereocenters. The lowest BCUT2D eigenvalue weighted by Crippen LogP contribution is -2.37. The monoisotopic (exact) mass is 437 g/mol. The summed E-state index contributed by atoms with van der Waals surface area (Å²) in [5.41, 5.74) is 1.82. The topological polar surface area (TPSA) is 87.5 Å². The van der Waals surface area contributed by atoms with Crippen molar-refractivity contribution < 1.29 is 14.4 Å². The zero-order valence-corrected chi connectivity index (χ0v) is 18.6. The molecule has 32 heavy (non-hydrogen) atoms. The molecule has 8 nitrogen and oxygen atoms in total. The molecule has 1 aliphatic carbocycles. The summed E-state index contributed by atoms with van der Waals surface area (Å²) in [5, 5.41) is 7.34. The van der Waals surface area contributed by atoms with E-state index in [1.54, 1.807) is 15.6 Å². The van der Waals surface area contributed by atoms with Crippen LogP contribution in [0.2, 0.25) is 0 Å². The smallest absolute Gasteiger partial charge is 0.274 e. The Morgan fingerprint density at radius 2 is 1.97 bits per heavy atom. The van der Waals surface area contributed by atoms with Crippen LogP contribution in [0, 0.1) is 0 Å². The first kappa shape index (κ1) is 22.0. The third kappa shape index (κ3) is 5.18. The molecule has 1 aromatic heterocycles. The van der Waals surface area contributed by atoms with E-state index in [1.165, 1.54) is 0 Å². The van der Waals surface area contributed by atoms with Gasteiger partial charge in [-0.2, -0.15) is 5.10 Å². The van der Waals surface area contributed by atoms with Crippen molar-refractivity contribution in [1.29, 1.82) is 0 Å². The molecule has 8 heteroatoms.